The molecule has 2 heterocycles. The van der Waals surface area contributed by atoms with Gasteiger partial charge in [0.15, 0.2) is 0 Å². The van der Waals surface area contributed by atoms with Crippen LogP contribution in [-0.4, -0.2) is 55.1 Å². The Balaban J connectivity index is 1.52. The molecule has 1 aromatic rings. The molecule has 6 heteroatoms. The molecular formula is C15H20F3N3. The van der Waals surface area contributed by atoms with Gasteiger partial charge in [-0.3, -0.25) is 9.80 Å². The lowest BCUT2D eigenvalue weighted by molar-refractivity contribution is -0.137. The number of nitrogens with zero attached hydrogens (tertiary/aromatic N) is 2. The molecule has 0 aliphatic carbocycles. The van der Waals surface area contributed by atoms with E-state index in [2.05, 4.69) is 15.1 Å². The number of nitrogens with one attached hydrogen (secondary N) is 1. The number of rotatable bonds is 3. The summed E-state index contributed by atoms with van der Waals surface area (Å²) in [5.41, 5.74) is 0.183. The van der Waals surface area contributed by atoms with Crippen molar-refractivity contribution in [1.29, 1.82) is 0 Å². The van der Waals surface area contributed by atoms with E-state index < -0.39 is 11.7 Å². The first-order valence-corrected chi connectivity index (χ1v) is 7.35. The molecule has 0 amide bonds. The van der Waals surface area contributed by atoms with E-state index in [0.717, 1.165) is 50.9 Å². The molecule has 0 unspecified atom stereocenters. The Bertz CT molecular complexity index is 477. The maximum atomic E-state index is 12.7. The number of hydrogen-bond acceptors (Lipinski definition) is 3. The van der Waals surface area contributed by atoms with E-state index in [0.29, 0.717) is 12.6 Å². The zero-order chi connectivity index (χ0) is 14.9. The molecule has 0 atom stereocenters. The molecule has 1 aromatic carbocycles. The Morgan fingerprint density at radius 2 is 1.86 bits per heavy atom. The molecule has 2 aliphatic rings. The van der Waals surface area contributed by atoms with Crippen LogP contribution < -0.4 is 5.32 Å². The molecule has 21 heavy (non-hydrogen) atoms. The van der Waals surface area contributed by atoms with Gasteiger partial charge in [0.2, 0.25) is 0 Å². The number of alkyl halides is 3. The van der Waals surface area contributed by atoms with Gasteiger partial charge in [0.25, 0.3) is 0 Å². The van der Waals surface area contributed by atoms with Crippen LogP contribution in [-0.2, 0) is 12.7 Å². The summed E-state index contributed by atoms with van der Waals surface area (Å²) in [5.74, 6) is 0. The van der Waals surface area contributed by atoms with E-state index in [1.165, 1.54) is 12.1 Å². The highest BCUT2D eigenvalue weighted by atomic mass is 19.4. The normalized spacial score (nSPS) is 22.2. The Labute approximate surface area is 122 Å². The van der Waals surface area contributed by atoms with Gasteiger partial charge in [0.1, 0.15) is 0 Å². The van der Waals surface area contributed by atoms with Crippen molar-refractivity contribution >= 4 is 0 Å². The summed E-state index contributed by atoms with van der Waals surface area (Å²) in [4.78, 5) is 4.68. The van der Waals surface area contributed by atoms with Gasteiger partial charge in [-0.1, -0.05) is 18.2 Å². The molecule has 3 rings (SSSR count). The van der Waals surface area contributed by atoms with Crippen molar-refractivity contribution in [3.63, 3.8) is 0 Å². The Morgan fingerprint density at radius 1 is 1.14 bits per heavy atom. The van der Waals surface area contributed by atoms with E-state index >= 15 is 0 Å². The minimum Gasteiger partial charge on any atom is -0.314 e. The van der Waals surface area contributed by atoms with E-state index in [9.17, 15) is 13.2 Å². The first kappa shape index (κ1) is 14.8. The van der Waals surface area contributed by atoms with Crippen LogP contribution in [0.4, 0.5) is 13.2 Å². The molecular weight excluding hydrogens is 279 g/mol. The zero-order valence-electron chi connectivity index (χ0n) is 11.9. The number of likely N-dealkylation sites (tertiary alicyclic amines) is 1. The van der Waals surface area contributed by atoms with Crippen molar-refractivity contribution in [1.82, 2.24) is 15.1 Å². The molecule has 0 radical (unpaired) electrons. The second kappa shape index (κ2) is 5.94. The van der Waals surface area contributed by atoms with Gasteiger partial charge in [0, 0.05) is 51.9 Å². The van der Waals surface area contributed by atoms with Crippen LogP contribution in [0.5, 0.6) is 0 Å². The maximum Gasteiger partial charge on any atom is 0.416 e. The van der Waals surface area contributed by atoms with Gasteiger partial charge in [-0.05, 0) is 11.6 Å². The van der Waals surface area contributed by atoms with Gasteiger partial charge in [0.05, 0.1) is 5.56 Å². The van der Waals surface area contributed by atoms with Gasteiger partial charge < -0.3 is 5.32 Å². The molecule has 116 valence electrons. The van der Waals surface area contributed by atoms with Crippen molar-refractivity contribution in [3.8, 4) is 0 Å². The second-order valence-electron chi connectivity index (χ2n) is 5.83. The first-order valence-electron chi connectivity index (χ1n) is 7.35. The van der Waals surface area contributed by atoms with Crippen molar-refractivity contribution < 1.29 is 13.2 Å². The Morgan fingerprint density at radius 3 is 2.52 bits per heavy atom. The maximum absolute atomic E-state index is 12.7. The van der Waals surface area contributed by atoms with E-state index in [1.807, 2.05) is 0 Å². The van der Waals surface area contributed by atoms with Crippen molar-refractivity contribution in [2.45, 2.75) is 18.8 Å². The van der Waals surface area contributed by atoms with Crippen LogP contribution in [0.25, 0.3) is 0 Å². The van der Waals surface area contributed by atoms with Gasteiger partial charge in [-0.2, -0.15) is 13.2 Å². The number of benzene rings is 1. The Kier molecular flexibility index (Phi) is 4.19. The van der Waals surface area contributed by atoms with Gasteiger partial charge >= 0.3 is 6.18 Å². The summed E-state index contributed by atoms with van der Waals surface area (Å²) in [7, 11) is 0. The summed E-state index contributed by atoms with van der Waals surface area (Å²) in [5, 5.41) is 3.33. The lowest BCUT2D eigenvalue weighted by atomic mass is 10.0. The van der Waals surface area contributed by atoms with Crippen molar-refractivity contribution in [2.24, 2.45) is 0 Å². The van der Waals surface area contributed by atoms with Crippen molar-refractivity contribution in [3.05, 3.63) is 35.4 Å². The lowest BCUT2D eigenvalue weighted by Gasteiger charge is -2.47. The molecule has 2 aliphatic heterocycles. The molecule has 0 spiro atoms. The lowest BCUT2D eigenvalue weighted by Crippen LogP contribution is -2.62. The smallest absolute Gasteiger partial charge is 0.314 e. The molecule has 2 fully saturated rings. The second-order valence-corrected chi connectivity index (χ2v) is 5.83. The predicted octanol–water partition coefficient (Wildman–Crippen LogP) is 1.79. The van der Waals surface area contributed by atoms with Crippen molar-refractivity contribution in [2.75, 3.05) is 39.3 Å². The van der Waals surface area contributed by atoms with Crippen LogP contribution in [0.3, 0.4) is 0 Å². The monoisotopic (exact) mass is 299 g/mol. The van der Waals surface area contributed by atoms with Crippen LogP contribution in [0, 0.1) is 0 Å². The highest BCUT2D eigenvalue weighted by Gasteiger charge is 2.33. The van der Waals surface area contributed by atoms with Gasteiger partial charge in [-0.15, -0.1) is 0 Å². The Hall–Kier alpha value is -1.11. The summed E-state index contributed by atoms with van der Waals surface area (Å²) in [6.45, 7) is 6.72. The fourth-order valence-electron chi connectivity index (χ4n) is 3.05. The third kappa shape index (κ3) is 3.56. The molecule has 2 saturated heterocycles. The average Bonchev–Trinajstić information content (AvgIpc) is 2.43. The third-order valence-corrected chi connectivity index (χ3v) is 4.27. The van der Waals surface area contributed by atoms with Crippen LogP contribution in [0.1, 0.15) is 11.1 Å². The van der Waals surface area contributed by atoms with E-state index in [4.69, 9.17) is 0 Å². The molecule has 0 saturated carbocycles. The minimum absolute atomic E-state index is 0.556. The van der Waals surface area contributed by atoms with Crippen LogP contribution in [0.15, 0.2) is 24.3 Å². The van der Waals surface area contributed by atoms with Crippen LogP contribution in [0.2, 0.25) is 0 Å². The number of hydrogen-bond donors (Lipinski definition) is 1. The third-order valence-electron chi connectivity index (χ3n) is 4.27. The average molecular weight is 299 g/mol. The topological polar surface area (TPSA) is 18.5 Å². The molecule has 0 aromatic heterocycles. The fraction of sp³-hybridized carbons (Fsp3) is 0.600. The summed E-state index contributed by atoms with van der Waals surface area (Å²) >= 11 is 0. The number of halogens is 3. The SMILES string of the molecule is FC(F)(F)c1cccc(CN2CC(N3CCNCC3)C2)c1. The molecule has 1 N–H and O–H groups in total. The summed E-state index contributed by atoms with van der Waals surface area (Å²) in [6.07, 6.45) is -4.26. The highest BCUT2D eigenvalue weighted by Crippen LogP contribution is 2.30. The fourth-order valence-corrected chi connectivity index (χ4v) is 3.05. The molecule has 3 nitrogen and oxygen atoms in total. The minimum atomic E-state index is -4.26. The standard InChI is InChI=1S/C15H20F3N3/c16-15(17,18)13-3-1-2-12(8-13)9-20-10-14(11-20)21-6-4-19-5-7-21/h1-3,8,14,19H,4-7,9-11H2. The molecule has 0 bridgehead atoms. The van der Waals surface area contributed by atoms with Crippen LogP contribution >= 0.6 is 0 Å². The summed E-state index contributed by atoms with van der Waals surface area (Å²) in [6, 6.07) is 6.22. The predicted molar refractivity (Wildman–Crippen MR) is 75.0 cm³/mol. The van der Waals surface area contributed by atoms with Gasteiger partial charge in [-0.25, -0.2) is 0 Å². The largest absolute Gasteiger partial charge is 0.416 e. The number of piperazine rings is 1. The summed E-state index contributed by atoms with van der Waals surface area (Å²) < 4.78 is 38.0. The highest BCUT2D eigenvalue weighted by molar-refractivity contribution is 5.25. The van der Waals surface area contributed by atoms with E-state index in [1.54, 1.807) is 6.07 Å². The first-order chi connectivity index (χ1) is 10.0. The zero-order valence-corrected chi connectivity index (χ0v) is 11.9. The van der Waals surface area contributed by atoms with E-state index in [-0.39, 0.29) is 0 Å². The quantitative estimate of drug-likeness (QED) is 0.918.